The van der Waals surface area contributed by atoms with Crippen LogP contribution in [0.1, 0.15) is 12.5 Å². The molecule has 1 aromatic heterocycles. The summed E-state index contributed by atoms with van der Waals surface area (Å²) in [6.45, 7) is 4.57. The first kappa shape index (κ1) is 14.1. The number of aromatic nitrogens is 2. The Morgan fingerprint density at radius 3 is 2.91 bits per heavy atom. The van der Waals surface area contributed by atoms with Gasteiger partial charge in [0.05, 0.1) is 17.4 Å². The fourth-order valence-corrected chi connectivity index (χ4v) is 2.44. The van der Waals surface area contributed by atoms with Gasteiger partial charge in [-0.05, 0) is 49.7 Å². The molecule has 2 N–H and O–H groups in total. The van der Waals surface area contributed by atoms with Crippen LogP contribution < -0.4 is 10.2 Å². The summed E-state index contributed by atoms with van der Waals surface area (Å²) in [7, 11) is 0. The molecule has 0 aliphatic carbocycles. The van der Waals surface area contributed by atoms with Gasteiger partial charge in [0.25, 0.3) is 0 Å². The van der Waals surface area contributed by atoms with Gasteiger partial charge in [0.1, 0.15) is 0 Å². The van der Waals surface area contributed by atoms with Crippen molar-refractivity contribution in [2.75, 3.05) is 16.8 Å². The van der Waals surface area contributed by atoms with E-state index >= 15 is 0 Å². The highest BCUT2D eigenvalue weighted by Crippen LogP contribution is 2.19. The Morgan fingerprint density at radius 1 is 1.27 bits per heavy atom. The van der Waals surface area contributed by atoms with Gasteiger partial charge < -0.3 is 10.3 Å². The fourth-order valence-electron chi connectivity index (χ4n) is 2.44. The van der Waals surface area contributed by atoms with E-state index in [0.717, 1.165) is 28.0 Å². The lowest BCUT2D eigenvalue weighted by Crippen LogP contribution is -2.34. The van der Waals surface area contributed by atoms with Gasteiger partial charge in [-0.3, -0.25) is 4.90 Å². The summed E-state index contributed by atoms with van der Waals surface area (Å²) >= 11 is 0. The van der Waals surface area contributed by atoms with Crippen molar-refractivity contribution in [2.24, 2.45) is 0 Å². The lowest BCUT2D eigenvalue weighted by Gasteiger charge is -2.22. The Balaban J connectivity index is 1.82. The van der Waals surface area contributed by atoms with E-state index in [0.29, 0.717) is 6.54 Å². The molecule has 112 valence electrons. The summed E-state index contributed by atoms with van der Waals surface area (Å²) in [6, 6.07) is 13.4. The van der Waals surface area contributed by atoms with Crippen molar-refractivity contribution in [1.29, 1.82) is 0 Å². The molecule has 5 nitrogen and oxygen atoms in total. The van der Waals surface area contributed by atoms with Crippen molar-refractivity contribution in [3.63, 3.8) is 0 Å². The van der Waals surface area contributed by atoms with Crippen LogP contribution in [0.4, 0.5) is 16.2 Å². The van der Waals surface area contributed by atoms with Crippen LogP contribution in [0.25, 0.3) is 11.0 Å². The number of aromatic amines is 1. The highest BCUT2D eigenvalue weighted by Gasteiger charge is 2.14. The maximum absolute atomic E-state index is 12.5. The number of nitrogens with zero attached hydrogens (tertiary/aromatic N) is 2. The van der Waals surface area contributed by atoms with E-state index in [1.54, 1.807) is 11.2 Å². The predicted molar refractivity (Wildman–Crippen MR) is 89.3 cm³/mol. The first-order chi connectivity index (χ1) is 10.7. The van der Waals surface area contributed by atoms with Crippen LogP contribution in [-0.4, -0.2) is 22.5 Å². The molecule has 3 aromatic rings. The van der Waals surface area contributed by atoms with Gasteiger partial charge in [0.2, 0.25) is 0 Å². The van der Waals surface area contributed by atoms with Crippen LogP contribution in [-0.2, 0) is 0 Å². The molecule has 3 rings (SSSR count). The van der Waals surface area contributed by atoms with E-state index < -0.39 is 0 Å². The molecule has 0 aliphatic heterocycles. The number of rotatable bonds is 3. The highest BCUT2D eigenvalue weighted by molar-refractivity contribution is 6.02. The number of carbonyl (C=O) groups is 1. The third-order valence-electron chi connectivity index (χ3n) is 3.55. The number of imidazole rings is 1. The number of benzene rings is 2. The maximum Gasteiger partial charge on any atom is 0.326 e. The lowest BCUT2D eigenvalue weighted by atomic mass is 10.2. The van der Waals surface area contributed by atoms with Gasteiger partial charge in [0, 0.05) is 17.9 Å². The number of hydrogen-bond acceptors (Lipinski definition) is 2. The Kier molecular flexibility index (Phi) is 3.78. The number of H-pyrrole nitrogens is 1. The smallest absolute Gasteiger partial charge is 0.326 e. The molecule has 0 spiro atoms. The minimum Gasteiger partial charge on any atom is -0.345 e. The molecule has 0 unspecified atom stereocenters. The molecule has 2 aromatic carbocycles. The quantitative estimate of drug-likeness (QED) is 0.769. The summed E-state index contributed by atoms with van der Waals surface area (Å²) in [5.41, 5.74) is 4.54. The molecule has 0 bridgehead atoms. The van der Waals surface area contributed by atoms with Crippen LogP contribution in [0.5, 0.6) is 0 Å². The van der Waals surface area contributed by atoms with Gasteiger partial charge >= 0.3 is 6.03 Å². The molecule has 0 atom stereocenters. The van der Waals surface area contributed by atoms with Crippen molar-refractivity contribution in [2.45, 2.75) is 13.8 Å². The standard InChI is InChI=1S/C17H18N4O/c1-3-21(14-6-4-5-12(2)9-14)17(22)20-13-7-8-15-16(10-13)19-11-18-15/h4-11H,3H2,1-2H3,(H,18,19)(H,20,22). The predicted octanol–water partition coefficient (Wildman–Crippen LogP) is 3.93. The molecular weight excluding hydrogens is 276 g/mol. The summed E-state index contributed by atoms with van der Waals surface area (Å²) < 4.78 is 0. The van der Waals surface area contributed by atoms with E-state index in [1.165, 1.54) is 0 Å². The maximum atomic E-state index is 12.5. The zero-order valence-electron chi connectivity index (χ0n) is 12.6. The molecular formula is C17H18N4O. The van der Waals surface area contributed by atoms with E-state index in [1.807, 2.05) is 56.3 Å². The van der Waals surface area contributed by atoms with Crippen molar-refractivity contribution in [1.82, 2.24) is 9.97 Å². The monoisotopic (exact) mass is 294 g/mol. The van der Waals surface area contributed by atoms with Gasteiger partial charge in [0.15, 0.2) is 0 Å². The van der Waals surface area contributed by atoms with Crippen molar-refractivity contribution in [3.05, 3.63) is 54.4 Å². The van der Waals surface area contributed by atoms with Crippen LogP contribution in [0.15, 0.2) is 48.8 Å². The van der Waals surface area contributed by atoms with E-state index in [-0.39, 0.29) is 6.03 Å². The summed E-state index contributed by atoms with van der Waals surface area (Å²) in [4.78, 5) is 21.4. The summed E-state index contributed by atoms with van der Waals surface area (Å²) in [5, 5.41) is 2.93. The van der Waals surface area contributed by atoms with Crippen molar-refractivity contribution < 1.29 is 4.79 Å². The van der Waals surface area contributed by atoms with Crippen LogP contribution >= 0.6 is 0 Å². The first-order valence-electron chi connectivity index (χ1n) is 7.25. The fraction of sp³-hybridized carbons (Fsp3) is 0.176. The minimum atomic E-state index is -0.146. The van der Waals surface area contributed by atoms with Crippen LogP contribution in [0.2, 0.25) is 0 Å². The van der Waals surface area contributed by atoms with Gasteiger partial charge in [-0.2, -0.15) is 0 Å². The largest absolute Gasteiger partial charge is 0.345 e. The Morgan fingerprint density at radius 2 is 2.14 bits per heavy atom. The second-order valence-corrected chi connectivity index (χ2v) is 5.15. The highest BCUT2D eigenvalue weighted by atomic mass is 16.2. The molecule has 0 radical (unpaired) electrons. The third-order valence-corrected chi connectivity index (χ3v) is 3.55. The average Bonchev–Trinajstić information content (AvgIpc) is 2.95. The molecule has 5 heteroatoms. The minimum absolute atomic E-state index is 0.146. The number of fused-ring (bicyclic) bond motifs is 1. The van der Waals surface area contributed by atoms with E-state index in [4.69, 9.17) is 0 Å². The Hall–Kier alpha value is -2.82. The van der Waals surface area contributed by atoms with Crippen LogP contribution in [0, 0.1) is 6.92 Å². The number of hydrogen-bond donors (Lipinski definition) is 2. The zero-order valence-corrected chi connectivity index (χ0v) is 12.6. The first-order valence-corrected chi connectivity index (χ1v) is 7.25. The van der Waals surface area contributed by atoms with E-state index in [9.17, 15) is 4.79 Å². The number of carbonyl (C=O) groups excluding carboxylic acids is 1. The average molecular weight is 294 g/mol. The lowest BCUT2D eigenvalue weighted by molar-refractivity contribution is 0.257. The van der Waals surface area contributed by atoms with E-state index in [2.05, 4.69) is 15.3 Å². The number of nitrogens with one attached hydrogen (secondary N) is 2. The topological polar surface area (TPSA) is 61.0 Å². The normalized spacial score (nSPS) is 10.6. The van der Waals surface area contributed by atoms with Crippen molar-refractivity contribution in [3.8, 4) is 0 Å². The molecule has 0 aliphatic rings. The molecule has 0 fully saturated rings. The second kappa shape index (κ2) is 5.89. The third kappa shape index (κ3) is 2.79. The Labute approximate surface area is 129 Å². The molecule has 22 heavy (non-hydrogen) atoms. The summed E-state index contributed by atoms with van der Waals surface area (Å²) in [5.74, 6) is 0. The Bertz CT molecular complexity index is 809. The van der Waals surface area contributed by atoms with Crippen molar-refractivity contribution >= 4 is 28.4 Å². The zero-order chi connectivity index (χ0) is 15.5. The number of urea groups is 1. The van der Waals surface area contributed by atoms with Gasteiger partial charge in [-0.15, -0.1) is 0 Å². The number of anilines is 2. The number of aryl methyl sites for hydroxylation is 1. The molecule has 2 amide bonds. The molecule has 0 saturated carbocycles. The SMILES string of the molecule is CCN(C(=O)Nc1ccc2nc[nH]c2c1)c1cccc(C)c1. The van der Waals surface area contributed by atoms with Gasteiger partial charge in [-0.1, -0.05) is 12.1 Å². The molecule has 0 saturated heterocycles. The second-order valence-electron chi connectivity index (χ2n) is 5.15. The molecule has 1 heterocycles. The van der Waals surface area contributed by atoms with Crippen LogP contribution in [0.3, 0.4) is 0 Å². The number of amides is 2. The van der Waals surface area contributed by atoms with Gasteiger partial charge in [-0.25, -0.2) is 9.78 Å². The summed E-state index contributed by atoms with van der Waals surface area (Å²) in [6.07, 6.45) is 1.64.